The number of allylic oxidation sites excluding steroid dienone is 2. The summed E-state index contributed by atoms with van der Waals surface area (Å²) >= 11 is 0. The number of benzene rings is 2. The van der Waals surface area contributed by atoms with Gasteiger partial charge in [0.15, 0.2) is 17.4 Å². The lowest BCUT2D eigenvalue weighted by Gasteiger charge is -2.42. The third-order valence-corrected chi connectivity index (χ3v) is 7.23. The summed E-state index contributed by atoms with van der Waals surface area (Å²) in [4.78, 5) is 12.4. The lowest BCUT2D eigenvalue weighted by atomic mass is 9.63. The van der Waals surface area contributed by atoms with E-state index in [2.05, 4.69) is 16.9 Å². The summed E-state index contributed by atoms with van der Waals surface area (Å²) in [7, 11) is 0. The first-order chi connectivity index (χ1) is 17.2. The van der Waals surface area contributed by atoms with Crippen molar-refractivity contribution in [2.24, 2.45) is 17.8 Å². The molecule has 0 heterocycles. The SMILES string of the molecule is C/C=C/C1CCC2CC(c3c(F)cc(C(=O)Oc4cc(F)c(OC(F)F)c(F)c4)cc3F)CCC2C1. The molecule has 2 saturated carbocycles. The van der Waals surface area contributed by atoms with E-state index in [-0.39, 0.29) is 11.5 Å². The fourth-order valence-corrected chi connectivity index (χ4v) is 5.69. The van der Waals surface area contributed by atoms with Crippen LogP contribution in [0.4, 0.5) is 26.3 Å². The molecule has 0 saturated heterocycles. The van der Waals surface area contributed by atoms with Crippen LogP contribution < -0.4 is 9.47 Å². The predicted molar refractivity (Wildman–Crippen MR) is 120 cm³/mol. The number of carbonyl (C=O) groups is 1. The Balaban J connectivity index is 1.47. The van der Waals surface area contributed by atoms with E-state index in [0.717, 1.165) is 37.8 Å². The number of carbonyl (C=O) groups excluding carboxylic acids is 1. The van der Waals surface area contributed by atoms with Gasteiger partial charge < -0.3 is 9.47 Å². The average molecular weight is 512 g/mol. The van der Waals surface area contributed by atoms with Crippen molar-refractivity contribution in [3.63, 3.8) is 0 Å². The van der Waals surface area contributed by atoms with Gasteiger partial charge in [-0.05, 0) is 81.3 Å². The number of rotatable bonds is 6. The van der Waals surface area contributed by atoms with E-state index in [1.807, 2.05) is 6.92 Å². The molecule has 0 aliphatic heterocycles. The van der Waals surface area contributed by atoms with Gasteiger partial charge in [0.2, 0.25) is 0 Å². The Morgan fingerprint density at radius 3 is 2.11 bits per heavy atom. The zero-order valence-electron chi connectivity index (χ0n) is 19.6. The normalized spacial score (nSPS) is 24.1. The molecule has 2 aliphatic carbocycles. The second-order valence-electron chi connectivity index (χ2n) is 9.47. The first-order valence-corrected chi connectivity index (χ1v) is 11.9. The summed E-state index contributed by atoms with van der Waals surface area (Å²) in [5.74, 6) is -6.90. The van der Waals surface area contributed by atoms with Crippen molar-refractivity contribution in [3.05, 3.63) is 70.8 Å². The van der Waals surface area contributed by atoms with Gasteiger partial charge in [-0.1, -0.05) is 12.2 Å². The number of fused-ring (bicyclic) bond motifs is 1. The molecule has 3 nitrogen and oxygen atoms in total. The molecule has 2 aromatic carbocycles. The Morgan fingerprint density at radius 1 is 0.889 bits per heavy atom. The molecule has 4 atom stereocenters. The molecule has 0 N–H and O–H groups in total. The highest BCUT2D eigenvalue weighted by Crippen LogP contribution is 2.48. The quantitative estimate of drug-likeness (QED) is 0.171. The fourth-order valence-electron chi connectivity index (χ4n) is 5.69. The van der Waals surface area contributed by atoms with Gasteiger partial charge >= 0.3 is 12.6 Å². The molecule has 2 fully saturated rings. The summed E-state index contributed by atoms with van der Waals surface area (Å²) in [6.07, 6.45) is 9.67. The second kappa shape index (κ2) is 11.0. The van der Waals surface area contributed by atoms with E-state index in [4.69, 9.17) is 4.74 Å². The topological polar surface area (TPSA) is 35.5 Å². The molecule has 9 heteroatoms. The molecule has 0 spiro atoms. The Bertz CT molecular complexity index is 1100. The summed E-state index contributed by atoms with van der Waals surface area (Å²) in [6.45, 7) is -1.46. The van der Waals surface area contributed by atoms with Gasteiger partial charge in [0, 0.05) is 17.7 Å². The monoisotopic (exact) mass is 512 g/mol. The molecule has 0 radical (unpaired) electrons. The van der Waals surface area contributed by atoms with Crippen LogP contribution in [0, 0.1) is 41.0 Å². The van der Waals surface area contributed by atoms with E-state index in [1.165, 1.54) is 0 Å². The van der Waals surface area contributed by atoms with E-state index < -0.39 is 52.9 Å². The largest absolute Gasteiger partial charge is 0.429 e. The average Bonchev–Trinajstić information content (AvgIpc) is 2.81. The number of hydrogen-bond acceptors (Lipinski definition) is 3. The number of ether oxygens (including phenoxy) is 2. The van der Waals surface area contributed by atoms with Crippen molar-refractivity contribution < 1.29 is 40.6 Å². The minimum atomic E-state index is -3.46. The van der Waals surface area contributed by atoms with Gasteiger partial charge in [-0.15, -0.1) is 0 Å². The molecule has 2 aromatic rings. The van der Waals surface area contributed by atoms with Crippen LogP contribution in [0.1, 0.15) is 67.3 Å². The zero-order valence-corrected chi connectivity index (χ0v) is 19.6. The van der Waals surface area contributed by atoms with Crippen molar-refractivity contribution in [1.29, 1.82) is 0 Å². The Morgan fingerprint density at radius 2 is 1.50 bits per heavy atom. The van der Waals surface area contributed by atoms with Crippen LogP contribution in [0.25, 0.3) is 0 Å². The molecular weight excluding hydrogens is 486 g/mol. The highest BCUT2D eigenvalue weighted by atomic mass is 19.3. The highest BCUT2D eigenvalue weighted by molar-refractivity contribution is 5.91. The molecule has 4 unspecified atom stereocenters. The van der Waals surface area contributed by atoms with Crippen molar-refractivity contribution in [2.45, 2.75) is 58.0 Å². The maximum atomic E-state index is 15.0. The van der Waals surface area contributed by atoms with Gasteiger partial charge in [-0.2, -0.15) is 8.78 Å². The first kappa shape index (κ1) is 26.1. The fraction of sp³-hybridized carbons (Fsp3) is 0.444. The summed E-state index contributed by atoms with van der Waals surface area (Å²) in [5, 5.41) is 0. The van der Waals surface area contributed by atoms with Gasteiger partial charge in [-0.3, -0.25) is 0 Å². The Labute approximate surface area is 205 Å². The number of hydrogen-bond donors (Lipinski definition) is 0. The number of alkyl halides is 2. The van der Waals surface area contributed by atoms with E-state index in [0.29, 0.717) is 42.7 Å². The van der Waals surface area contributed by atoms with Gasteiger partial charge in [0.05, 0.1) is 5.56 Å². The van der Waals surface area contributed by atoms with Crippen LogP contribution in [-0.2, 0) is 0 Å². The lowest BCUT2D eigenvalue weighted by Crippen LogP contribution is -2.30. The lowest BCUT2D eigenvalue weighted by molar-refractivity contribution is -0.0547. The maximum Gasteiger partial charge on any atom is 0.387 e. The van der Waals surface area contributed by atoms with Crippen molar-refractivity contribution in [3.8, 4) is 11.5 Å². The third kappa shape index (κ3) is 5.71. The summed E-state index contributed by atoms with van der Waals surface area (Å²) < 4.78 is 90.9. The Kier molecular flexibility index (Phi) is 7.95. The molecule has 36 heavy (non-hydrogen) atoms. The van der Waals surface area contributed by atoms with Crippen LogP contribution in [0.5, 0.6) is 11.5 Å². The van der Waals surface area contributed by atoms with Crippen molar-refractivity contribution in [2.75, 3.05) is 0 Å². The van der Waals surface area contributed by atoms with E-state index >= 15 is 8.78 Å². The van der Waals surface area contributed by atoms with Gasteiger partial charge in [0.25, 0.3) is 0 Å². The number of esters is 1. The Hall–Kier alpha value is -2.97. The first-order valence-electron chi connectivity index (χ1n) is 11.9. The van der Waals surface area contributed by atoms with Crippen LogP contribution >= 0.6 is 0 Å². The van der Waals surface area contributed by atoms with Crippen LogP contribution in [-0.4, -0.2) is 12.6 Å². The molecule has 0 aromatic heterocycles. The third-order valence-electron chi connectivity index (χ3n) is 7.23. The minimum Gasteiger partial charge on any atom is -0.429 e. The summed E-state index contributed by atoms with van der Waals surface area (Å²) in [6, 6.07) is 2.61. The second-order valence-corrected chi connectivity index (χ2v) is 9.47. The molecule has 0 bridgehead atoms. The van der Waals surface area contributed by atoms with E-state index in [1.54, 1.807) is 0 Å². The van der Waals surface area contributed by atoms with Gasteiger partial charge in [0.1, 0.15) is 17.4 Å². The van der Waals surface area contributed by atoms with Crippen LogP contribution in [0.2, 0.25) is 0 Å². The van der Waals surface area contributed by atoms with Gasteiger partial charge in [-0.25, -0.2) is 22.4 Å². The summed E-state index contributed by atoms with van der Waals surface area (Å²) in [5.41, 5.74) is -0.547. The van der Waals surface area contributed by atoms with E-state index in [9.17, 15) is 22.4 Å². The predicted octanol–water partition coefficient (Wildman–Crippen LogP) is 7.94. The van der Waals surface area contributed by atoms with Crippen LogP contribution in [0.15, 0.2) is 36.4 Å². The van der Waals surface area contributed by atoms with Crippen molar-refractivity contribution in [1.82, 2.24) is 0 Å². The molecule has 0 amide bonds. The van der Waals surface area contributed by atoms with Crippen LogP contribution in [0.3, 0.4) is 0 Å². The highest BCUT2D eigenvalue weighted by Gasteiger charge is 2.37. The zero-order chi connectivity index (χ0) is 26.0. The number of halogens is 6. The maximum absolute atomic E-state index is 15.0. The minimum absolute atomic E-state index is 0.0637. The molecule has 2 aliphatic rings. The molecular formula is C27H26F6O3. The molecule has 4 rings (SSSR count). The molecule has 194 valence electrons. The van der Waals surface area contributed by atoms with Crippen molar-refractivity contribution >= 4 is 5.97 Å². The standard InChI is InChI=1S/C27H26F6O3/c1-2-3-14-4-5-16-9-17(7-6-15(16)8-14)24-20(28)10-18(11-21(24)29)26(34)35-19-12-22(30)25(23(31)13-19)36-27(32)33/h2-3,10-17,27H,4-9H2,1H3/b3-2+. The smallest absolute Gasteiger partial charge is 0.387 e.